The first-order valence-corrected chi connectivity index (χ1v) is 13.2. The van der Waals surface area contributed by atoms with Crippen LogP contribution in [0.1, 0.15) is 58.4 Å². The van der Waals surface area contributed by atoms with Crippen molar-refractivity contribution in [1.82, 2.24) is 14.9 Å². The number of likely N-dealkylation sites (tertiary alicyclic amines) is 1. The van der Waals surface area contributed by atoms with E-state index >= 15 is 0 Å². The van der Waals surface area contributed by atoms with Crippen molar-refractivity contribution in [3.05, 3.63) is 71.0 Å². The summed E-state index contributed by atoms with van der Waals surface area (Å²) in [4.78, 5) is 36.7. The van der Waals surface area contributed by atoms with Crippen LogP contribution in [0.25, 0.3) is 0 Å². The Bertz CT molecular complexity index is 1380. The molecule has 1 amide bonds. The number of Topliss-reactive ketones (excluding diaryl/α,β-unsaturated/α-hetero) is 1. The highest BCUT2D eigenvalue weighted by Gasteiger charge is 2.42. The Balaban J connectivity index is 1.21. The van der Waals surface area contributed by atoms with Crippen LogP contribution in [0.5, 0.6) is 0 Å². The molecule has 0 bridgehead atoms. The van der Waals surface area contributed by atoms with Crippen molar-refractivity contribution in [3.8, 4) is 0 Å². The number of oxazole rings is 1. The minimum atomic E-state index is -4.83. The smallest absolute Gasteiger partial charge is 0.420 e. The second-order valence-electron chi connectivity index (χ2n) is 10.4. The average Bonchev–Trinajstić information content (AvgIpc) is 3.58. The molecule has 2 saturated heterocycles. The lowest BCUT2D eigenvalue weighted by molar-refractivity contribution is -0.141. The van der Waals surface area contributed by atoms with Gasteiger partial charge in [-0.25, -0.2) is 9.37 Å². The van der Waals surface area contributed by atoms with Gasteiger partial charge in [0, 0.05) is 44.8 Å². The van der Waals surface area contributed by atoms with Crippen LogP contribution in [0.3, 0.4) is 0 Å². The molecule has 40 heavy (non-hydrogen) atoms. The van der Waals surface area contributed by atoms with E-state index in [0.717, 1.165) is 12.8 Å². The van der Waals surface area contributed by atoms with E-state index < -0.39 is 29.2 Å². The molecule has 0 aliphatic carbocycles. The topological polar surface area (TPSA) is 91.6 Å². The molecular formula is C28H29F4N5O3. The molecule has 0 radical (unpaired) electrons. The Morgan fingerprint density at radius 1 is 1.10 bits per heavy atom. The predicted molar refractivity (Wildman–Crippen MR) is 139 cm³/mol. The van der Waals surface area contributed by atoms with Gasteiger partial charge in [0.2, 0.25) is 11.5 Å². The molecule has 2 aromatic heterocycles. The van der Waals surface area contributed by atoms with Gasteiger partial charge in [0.15, 0.2) is 5.69 Å². The Hall–Kier alpha value is -3.96. The van der Waals surface area contributed by atoms with Crippen molar-refractivity contribution in [1.29, 1.82) is 0 Å². The quantitative estimate of drug-likeness (QED) is 0.314. The predicted octanol–water partition coefficient (Wildman–Crippen LogP) is 5.22. The largest absolute Gasteiger partial charge is 0.437 e. The van der Waals surface area contributed by atoms with Gasteiger partial charge in [-0.05, 0) is 48.9 Å². The molecule has 212 valence electrons. The second kappa shape index (κ2) is 11.3. The molecule has 12 heteroatoms. The molecule has 1 unspecified atom stereocenters. The third kappa shape index (κ3) is 6.10. The number of aromatic nitrogens is 2. The van der Waals surface area contributed by atoms with E-state index in [-0.39, 0.29) is 35.9 Å². The SMILES string of the molecule is CC1CCCN(c2nc(C(F)(F)F)c(C(=O)Cc3ccc(N[C@@H]4CCN(C(=O)c5ccccc5F)C4)nc3)o2)C1. The molecule has 1 aromatic carbocycles. The van der Waals surface area contributed by atoms with Crippen LogP contribution in [0.2, 0.25) is 0 Å². The number of halogens is 4. The number of alkyl halides is 3. The van der Waals surface area contributed by atoms with Crippen molar-refractivity contribution < 1.29 is 31.6 Å². The van der Waals surface area contributed by atoms with Crippen molar-refractivity contribution in [3.63, 3.8) is 0 Å². The first-order valence-electron chi connectivity index (χ1n) is 13.2. The van der Waals surface area contributed by atoms with Crippen molar-refractivity contribution in [2.45, 2.75) is 44.8 Å². The van der Waals surface area contributed by atoms with Crippen LogP contribution >= 0.6 is 0 Å². The highest BCUT2D eigenvalue weighted by molar-refractivity contribution is 5.96. The minimum absolute atomic E-state index is 0.0216. The number of pyridine rings is 1. The van der Waals surface area contributed by atoms with Crippen LogP contribution in [0.4, 0.5) is 29.4 Å². The lowest BCUT2D eigenvalue weighted by Crippen LogP contribution is -2.34. The van der Waals surface area contributed by atoms with Gasteiger partial charge in [0.1, 0.15) is 11.6 Å². The van der Waals surface area contributed by atoms with Gasteiger partial charge in [-0.3, -0.25) is 9.59 Å². The Morgan fingerprint density at radius 2 is 1.90 bits per heavy atom. The van der Waals surface area contributed by atoms with Gasteiger partial charge in [0.25, 0.3) is 11.9 Å². The molecule has 2 fully saturated rings. The van der Waals surface area contributed by atoms with Crippen molar-refractivity contribution >= 4 is 23.5 Å². The summed E-state index contributed by atoms with van der Waals surface area (Å²) in [5.41, 5.74) is -0.878. The summed E-state index contributed by atoms with van der Waals surface area (Å²) in [5, 5.41) is 3.21. The van der Waals surface area contributed by atoms with Crippen LogP contribution < -0.4 is 10.2 Å². The Labute approximate surface area is 228 Å². The molecule has 2 aliphatic heterocycles. The first kappa shape index (κ1) is 27.6. The van der Waals surface area contributed by atoms with E-state index in [1.54, 1.807) is 28.0 Å². The maximum Gasteiger partial charge on any atom is 0.437 e. The van der Waals surface area contributed by atoms with E-state index in [1.165, 1.54) is 24.4 Å². The summed E-state index contributed by atoms with van der Waals surface area (Å²) in [7, 11) is 0. The summed E-state index contributed by atoms with van der Waals surface area (Å²) in [6, 6.07) is 8.75. The lowest BCUT2D eigenvalue weighted by atomic mass is 10.0. The summed E-state index contributed by atoms with van der Waals surface area (Å²) >= 11 is 0. The second-order valence-corrected chi connectivity index (χ2v) is 10.4. The number of ketones is 1. The maximum absolute atomic E-state index is 14.0. The van der Waals surface area contributed by atoms with E-state index in [9.17, 15) is 27.2 Å². The fourth-order valence-corrected chi connectivity index (χ4v) is 5.15. The van der Waals surface area contributed by atoms with E-state index in [2.05, 4.69) is 15.3 Å². The number of amides is 1. The summed E-state index contributed by atoms with van der Waals surface area (Å²) in [5.74, 6) is -1.82. The summed E-state index contributed by atoms with van der Waals surface area (Å²) < 4.78 is 60.5. The number of carbonyl (C=O) groups excluding carboxylic acids is 2. The molecule has 0 saturated carbocycles. The van der Waals surface area contributed by atoms with Crippen LogP contribution in [0, 0.1) is 11.7 Å². The summed E-state index contributed by atoms with van der Waals surface area (Å²) in [6.07, 6.45) is -1.35. The number of benzene rings is 1. The zero-order chi connectivity index (χ0) is 28.4. The fraction of sp³-hybridized carbons (Fsp3) is 0.429. The van der Waals surface area contributed by atoms with Crippen LogP contribution in [-0.2, 0) is 12.6 Å². The van der Waals surface area contributed by atoms with Gasteiger partial charge in [-0.2, -0.15) is 18.2 Å². The number of nitrogens with zero attached hydrogens (tertiary/aromatic N) is 4. The van der Waals surface area contributed by atoms with Crippen molar-refractivity contribution in [2.75, 3.05) is 36.4 Å². The third-order valence-electron chi connectivity index (χ3n) is 7.19. The number of carbonyl (C=O) groups is 2. The molecule has 8 nitrogen and oxygen atoms in total. The van der Waals surface area contributed by atoms with Gasteiger partial charge in [0.05, 0.1) is 5.56 Å². The summed E-state index contributed by atoms with van der Waals surface area (Å²) in [6.45, 7) is 3.85. The van der Waals surface area contributed by atoms with Gasteiger partial charge >= 0.3 is 6.18 Å². The number of nitrogens with one attached hydrogen (secondary N) is 1. The van der Waals surface area contributed by atoms with Crippen molar-refractivity contribution in [2.24, 2.45) is 5.92 Å². The normalized spacial score (nSPS) is 19.6. The molecule has 0 spiro atoms. The zero-order valence-electron chi connectivity index (χ0n) is 21.9. The van der Waals surface area contributed by atoms with Crippen LogP contribution in [-0.4, -0.2) is 58.8 Å². The molecule has 2 aliphatic rings. The Kier molecular flexibility index (Phi) is 7.77. The third-order valence-corrected chi connectivity index (χ3v) is 7.19. The molecule has 4 heterocycles. The molecule has 5 rings (SSSR count). The van der Waals surface area contributed by atoms with E-state index in [1.807, 2.05) is 6.92 Å². The highest BCUT2D eigenvalue weighted by Crippen LogP contribution is 2.35. The number of hydrogen-bond donors (Lipinski definition) is 1. The fourth-order valence-electron chi connectivity index (χ4n) is 5.15. The minimum Gasteiger partial charge on any atom is -0.420 e. The molecular weight excluding hydrogens is 530 g/mol. The monoisotopic (exact) mass is 559 g/mol. The molecule has 2 atom stereocenters. The van der Waals surface area contributed by atoms with E-state index in [4.69, 9.17) is 4.42 Å². The number of hydrogen-bond acceptors (Lipinski definition) is 7. The van der Waals surface area contributed by atoms with Gasteiger partial charge < -0.3 is 19.5 Å². The maximum atomic E-state index is 14.0. The average molecular weight is 560 g/mol. The van der Waals surface area contributed by atoms with E-state index in [0.29, 0.717) is 44.0 Å². The highest BCUT2D eigenvalue weighted by atomic mass is 19.4. The molecule has 3 aromatic rings. The molecule has 1 N–H and O–H groups in total. The number of anilines is 2. The number of piperidine rings is 1. The zero-order valence-corrected chi connectivity index (χ0v) is 21.9. The number of rotatable bonds is 7. The standard InChI is InChI=1S/C28H29F4N5O3/c1-17-5-4-11-37(15-17)27-35-25(28(30,31)32)24(40-27)22(38)13-18-8-9-23(33-14-18)34-19-10-12-36(16-19)26(39)20-6-2-3-7-21(20)29/h2-3,6-9,14,17,19H,4-5,10-13,15-16H2,1H3,(H,33,34)/t17?,19-/m1/s1. The van der Waals surface area contributed by atoms with Gasteiger partial charge in [-0.1, -0.05) is 25.1 Å². The van der Waals surface area contributed by atoms with Gasteiger partial charge in [-0.15, -0.1) is 0 Å². The lowest BCUT2D eigenvalue weighted by Gasteiger charge is -2.29. The van der Waals surface area contributed by atoms with Crippen LogP contribution in [0.15, 0.2) is 47.0 Å². The first-order chi connectivity index (χ1) is 19.1. The Morgan fingerprint density at radius 3 is 2.60 bits per heavy atom.